The van der Waals surface area contributed by atoms with Crippen molar-refractivity contribution in [3.05, 3.63) is 42.1 Å². The zero-order valence-corrected chi connectivity index (χ0v) is 10.5. The SMILES string of the molecule is CC(C(=O)O)N(C)Cc1ccc2ccccc2n1. The molecular weight excluding hydrogens is 228 g/mol. The summed E-state index contributed by atoms with van der Waals surface area (Å²) in [5, 5.41) is 10.0. The lowest BCUT2D eigenvalue weighted by atomic mass is 10.2. The van der Waals surface area contributed by atoms with Crippen LogP contribution in [0.1, 0.15) is 12.6 Å². The number of likely N-dealkylation sites (N-methyl/N-ethyl adjacent to an activating group) is 1. The number of benzene rings is 1. The number of rotatable bonds is 4. The molecule has 0 amide bonds. The van der Waals surface area contributed by atoms with Crippen molar-refractivity contribution in [1.82, 2.24) is 9.88 Å². The first-order valence-corrected chi connectivity index (χ1v) is 5.85. The lowest BCUT2D eigenvalue weighted by Crippen LogP contribution is -2.35. The summed E-state index contributed by atoms with van der Waals surface area (Å²) in [4.78, 5) is 17.2. The Labute approximate surface area is 106 Å². The Bertz CT molecular complexity index is 568. The highest BCUT2D eigenvalue weighted by Gasteiger charge is 2.17. The minimum absolute atomic E-state index is 0.515. The summed E-state index contributed by atoms with van der Waals surface area (Å²) < 4.78 is 0. The zero-order chi connectivity index (χ0) is 13.1. The Balaban J connectivity index is 2.19. The van der Waals surface area contributed by atoms with E-state index in [2.05, 4.69) is 4.98 Å². The Kier molecular flexibility index (Phi) is 3.58. The molecule has 4 nitrogen and oxygen atoms in total. The number of para-hydroxylation sites is 1. The van der Waals surface area contributed by atoms with Crippen LogP contribution in [0.15, 0.2) is 36.4 Å². The van der Waals surface area contributed by atoms with Crippen LogP contribution in [-0.2, 0) is 11.3 Å². The highest BCUT2D eigenvalue weighted by molar-refractivity contribution is 5.78. The van der Waals surface area contributed by atoms with Gasteiger partial charge in [-0.15, -0.1) is 0 Å². The van der Waals surface area contributed by atoms with Gasteiger partial charge in [-0.3, -0.25) is 14.7 Å². The molecule has 2 rings (SSSR count). The molecule has 0 aliphatic rings. The van der Waals surface area contributed by atoms with Gasteiger partial charge in [0.25, 0.3) is 0 Å². The highest BCUT2D eigenvalue weighted by Crippen LogP contribution is 2.13. The Morgan fingerprint density at radius 1 is 1.33 bits per heavy atom. The topological polar surface area (TPSA) is 53.4 Å². The standard InChI is InChI=1S/C14H16N2O2/c1-10(14(17)18)16(2)9-12-8-7-11-5-3-4-6-13(11)15-12/h3-8,10H,9H2,1-2H3,(H,17,18). The molecule has 0 aliphatic carbocycles. The Morgan fingerprint density at radius 3 is 2.78 bits per heavy atom. The number of carbonyl (C=O) groups is 1. The van der Waals surface area contributed by atoms with Gasteiger partial charge in [0.15, 0.2) is 0 Å². The predicted molar refractivity (Wildman–Crippen MR) is 70.3 cm³/mol. The van der Waals surface area contributed by atoms with E-state index in [-0.39, 0.29) is 0 Å². The van der Waals surface area contributed by atoms with Gasteiger partial charge < -0.3 is 5.11 Å². The summed E-state index contributed by atoms with van der Waals surface area (Å²) in [6.07, 6.45) is 0. The van der Waals surface area contributed by atoms with Crippen LogP contribution in [0.2, 0.25) is 0 Å². The quantitative estimate of drug-likeness (QED) is 0.895. The summed E-state index contributed by atoms with van der Waals surface area (Å²) in [5.74, 6) is -0.821. The molecule has 18 heavy (non-hydrogen) atoms. The zero-order valence-electron chi connectivity index (χ0n) is 10.5. The van der Waals surface area contributed by atoms with Gasteiger partial charge in [-0.1, -0.05) is 24.3 Å². The maximum Gasteiger partial charge on any atom is 0.320 e. The molecule has 1 atom stereocenters. The van der Waals surface area contributed by atoms with Crippen molar-refractivity contribution in [3.63, 3.8) is 0 Å². The van der Waals surface area contributed by atoms with E-state index < -0.39 is 12.0 Å². The van der Waals surface area contributed by atoms with Crippen molar-refractivity contribution in [3.8, 4) is 0 Å². The van der Waals surface area contributed by atoms with E-state index >= 15 is 0 Å². The second-order valence-corrected chi connectivity index (χ2v) is 4.42. The van der Waals surface area contributed by atoms with Gasteiger partial charge in [0.1, 0.15) is 6.04 Å². The molecule has 2 aromatic rings. The van der Waals surface area contributed by atoms with E-state index in [0.717, 1.165) is 16.6 Å². The number of fused-ring (bicyclic) bond motifs is 1. The molecule has 0 fully saturated rings. The molecule has 0 saturated carbocycles. The smallest absolute Gasteiger partial charge is 0.320 e. The molecule has 0 radical (unpaired) electrons. The average Bonchev–Trinajstić information content (AvgIpc) is 2.37. The lowest BCUT2D eigenvalue weighted by molar-refractivity contribution is -0.142. The molecule has 0 spiro atoms. The van der Waals surface area contributed by atoms with Gasteiger partial charge in [-0.25, -0.2) is 0 Å². The average molecular weight is 244 g/mol. The maximum atomic E-state index is 10.9. The number of carboxylic acids is 1. The number of nitrogens with zero attached hydrogens (tertiary/aromatic N) is 2. The fraction of sp³-hybridized carbons (Fsp3) is 0.286. The van der Waals surface area contributed by atoms with Crippen molar-refractivity contribution in [2.24, 2.45) is 0 Å². The predicted octanol–water partition coefficient (Wildman–Crippen LogP) is 2.14. The van der Waals surface area contributed by atoms with Crippen LogP contribution in [-0.4, -0.2) is 34.0 Å². The molecule has 94 valence electrons. The summed E-state index contributed by atoms with van der Waals surface area (Å²) in [6, 6.07) is 11.3. The number of aromatic nitrogens is 1. The van der Waals surface area contributed by atoms with E-state index in [4.69, 9.17) is 5.11 Å². The van der Waals surface area contributed by atoms with E-state index in [1.165, 1.54) is 0 Å². The molecule has 1 aromatic carbocycles. The fourth-order valence-corrected chi connectivity index (χ4v) is 1.78. The number of aliphatic carboxylic acids is 1. The minimum Gasteiger partial charge on any atom is -0.480 e. The van der Waals surface area contributed by atoms with E-state index in [0.29, 0.717) is 6.54 Å². The lowest BCUT2D eigenvalue weighted by Gasteiger charge is -2.20. The largest absolute Gasteiger partial charge is 0.480 e. The molecular formula is C14H16N2O2. The van der Waals surface area contributed by atoms with Crippen molar-refractivity contribution >= 4 is 16.9 Å². The molecule has 1 unspecified atom stereocenters. The van der Waals surface area contributed by atoms with E-state index in [1.54, 1.807) is 18.9 Å². The summed E-state index contributed by atoms with van der Waals surface area (Å²) in [7, 11) is 1.79. The van der Waals surface area contributed by atoms with Crippen LogP contribution in [0.3, 0.4) is 0 Å². The molecule has 1 heterocycles. The first-order valence-electron chi connectivity index (χ1n) is 5.85. The van der Waals surface area contributed by atoms with Gasteiger partial charge in [0, 0.05) is 11.9 Å². The summed E-state index contributed by atoms with van der Waals surface area (Å²) in [6.45, 7) is 2.20. The number of hydrogen-bond acceptors (Lipinski definition) is 3. The van der Waals surface area contributed by atoms with Crippen molar-refractivity contribution < 1.29 is 9.90 Å². The first kappa shape index (κ1) is 12.5. The number of pyridine rings is 1. The second-order valence-electron chi connectivity index (χ2n) is 4.42. The fourth-order valence-electron chi connectivity index (χ4n) is 1.78. The minimum atomic E-state index is -0.821. The van der Waals surface area contributed by atoms with Crippen LogP contribution in [0.5, 0.6) is 0 Å². The van der Waals surface area contributed by atoms with Crippen LogP contribution in [0.25, 0.3) is 10.9 Å². The van der Waals surface area contributed by atoms with E-state index in [1.807, 2.05) is 36.4 Å². The van der Waals surface area contributed by atoms with Gasteiger partial charge in [0.05, 0.1) is 11.2 Å². The third kappa shape index (κ3) is 2.65. The maximum absolute atomic E-state index is 10.9. The second kappa shape index (κ2) is 5.14. The molecule has 0 bridgehead atoms. The van der Waals surface area contributed by atoms with Gasteiger partial charge in [-0.2, -0.15) is 0 Å². The van der Waals surface area contributed by atoms with Gasteiger partial charge in [0.2, 0.25) is 0 Å². The Morgan fingerprint density at radius 2 is 2.06 bits per heavy atom. The van der Waals surface area contributed by atoms with Crippen LogP contribution in [0.4, 0.5) is 0 Å². The van der Waals surface area contributed by atoms with Crippen LogP contribution in [0, 0.1) is 0 Å². The van der Waals surface area contributed by atoms with E-state index in [9.17, 15) is 4.79 Å². The molecule has 1 aromatic heterocycles. The molecule has 0 saturated heterocycles. The molecule has 1 N–H and O–H groups in total. The van der Waals surface area contributed by atoms with Crippen molar-refractivity contribution in [2.75, 3.05) is 7.05 Å². The normalized spacial score (nSPS) is 12.8. The number of hydrogen-bond donors (Lipinski definition) is 1. The molecule has 4 heteroatoms. The Hall–Kier alpha value is -1.94. The monoisotopic (exact) mass is 244 g/mol. The first-order chi connectivity index (χ1) is 8.58. The van der Waals surface area contributed by atoms with Gasteiger partial charge in [-0.05, 0) is 26.1 Å². The third-order valence-electron chi connectivity index (χ3n) is 3.09. The van der Waals surface area contributed by atoms with Crippen molar-refractivity contribution in [1.29, 1.82) is 0 Å². The van der Waals surface area contributed by atoms with Crippen LogP contribution < -0.4 is 0 Å². The van der Waals surface area contributed by atoms with Crippen molar-refractivity contribution in [2.45, 2.75) is 19.5 Å². The van der Waals surface area contributed by atoms with Crippen LogP contribution >= 0.6 is 0 Å². The summed E-state index contributed by atoms with van der Waals surface area (Å²) >= 11 is 0. The summed E-state index contributed by atoms with van der Waals surface area (Å²) in [5.41, 5.74) is 1.82. The number of carboxylic acid groups (broad SMARTS) is 1. The third-order valence-corrected chi connectivity index (χ3v) is 3.09. The highest BCUT2D eigenvalue weighted by atomic mass is 16.4. The van der Waals surface area contributed by atoms with Gasteiger partial charge >= 0.3 is 5.97 Å². The molecule has 0 aliphatic heterocycles.